The monoisotopic (exact) mass is 376 g/mol. The molecule has 0 aliphatic rings. The number of hydrogen-bond donors (Lipinski definition) is 0. The van der Waals surface area contributed by atoms with Crippen molar-refractivity contribution in [3.63, 3.8) is 0 Å². The Morgan fingerprint density at radius 1 is 1.04 bits per heavy atom. The van der Waals surface area contributed by atoms with Gasteiger partial charge in [-0.2, -0.15) is 0 Å². The molecule has 0 aliphatic heterocycles. The molecule has 0 spiro atoms. The maximum absolute atomic E-state index is 12.7. The Hall–Kier alpha value is -2.11. The average molecular weight is 377 g/mol. The number of esters is 1. The highest BCUT2D eigenvalue weighted by molar-refractivity contribution is 7.98. The summed E-state index contributed by atoms with van der Waals surface area (Å²) in [6, 6.07) is 12.9. The summed E-state index contributed by atoms with van der Waals surface area (Å²) in [5.41, 5.74) is 0.619. The molecular weight excluding hydrogens is 360 g/mol. The van der Waals surface area contributed by atoms with Gasteiger partial charge in [0.2, 0.25) is 11.6 Å². The van der Waals surface area contributed by atoms with E-state index in [4.69, 9.17) is 16.3 Å². The van der Waals surface area contributed by atoms with Crippen LogP contribution < -0.4 is 0 Å². The summed E-state index contributed by atoms with van der Waals surface area (Å²) in [5.74, 6) is -3.59. The van der Waals surface area contributed by atoms with E-state index in [1.54, 1.807) is 55.5 Å². The average Bonchev–Trinajstić information content (AvgIpc) is 2.63. The molecule has 0 saturated carbocycles. The first-order chi connectivity index (χ1) is 12.0. The number of benzene rings is 2. The van der Waals surface area contributed by atoms with Crippen molar-refractivity contribution in [2.24, 2.45) is 0 Å². The fraction of sp³-hybridized carbons (Fsp3) is 0.211. The zero-order chi connectivity index (χ0) is 18.4. The number of hydrogen-bond acceptors (Lipinski definition) is 5. The van der Waals surface area contributed by atoms with Crippen LogP contribution in [0.4, 0.5) is 0 Å². The molecule has 0 heterocycles. The fourth-order valence-corrected chi connectivity index (χ4v) is 2.83. The van der Waals surface area contributed by atoms with Gasteiger partial charge in [0.15, 0.2) is 0 Å². The van der Waals surface area contributed by atoms with Gasteiger partial charge in [0.05, 0.1) is 6.61 Å². The van der Waals surface area contributed by atoms with E-state index in [1.807, 2.05) is 6.26 Å². The van der Waals surface area contributed by atoms with Crippen LogP contribution in [0.1, 0.15) is 28.8 Å². The molecule has 2 aromatic carbocycles. The molecule has 1 atom stereocenters. The van der Waals surface area contributed by atoms with Gasteiger partial charge in [-0.15, -0.1) is 11.8 Å². The molecule has 0 fully saturated rings. The van der Waals surface area contributed by atoms with Gasteiger partial charge in [-0.05, 0) is 55.1 Å². The number of Topliss-reactive ketones (excluding diaryl/α,β-unsaturated/α-hetero) is 2. The van der Waals surface area contributed by atoms with Crippen LogP contribution in [0.2, 0.25) is 5.02 Å². The molecule has 0 aliphatic carbocycles. The Bertz CT molecular complexity index is 769. The zero-order valence-corrected chi connectivity index (χ0v) is 15.4. The molecule has 0 radical (unpaired) electrons. The second-order valence-electron chi connectivity index (χ2n) is 5.16. The summed E-state index contributed by atoms with van der Waals surface area (Å²) in [6.45, 7) is 1.76. The minimum atomic E-state index is -1.30. The van der Waals surface area contributed by atoms with E-state index in [9.17, 15) is 14.4 Å². The first-order valence-corrected chi connectivity index (χ1v) is 9.23. The van der Waals surface area contributed by atoms with E-state index in [-0.39, 0.29) is 12.2 Å². The molecule has 6 heteroatoms. The molecule has 0 bridgehead atoms. The molecule has 2 aromatic rings. The van der Waals surface area contributed by atoms with Crippen molar-refractivity contribution in [2.45, 2.75) is 17.7 Å². The summed E-state index contributed by atoms with van der Waals surface area (Å²) in [4.78, 5) is 38.5. The van der Waals surface area contributed by atoms with Crippen molar-refractivity contribution in [1.29, 1.82) is 0 Å². The molecule has 2 rings (SSSR count). The second-order valence-corrected chi connectivity index (χ2v) is 6.47. The van der Waals surface area contributed by atoms with Crippen LogP contribution in [0, 0.1) is 0 Å². The first kappa shape index (κ1) is 19.2. The molecule has 0 amide bonds. The minimum Gasteiger partial charge on any atom is -0.465 e. The lowest BCUT2D eigenvalue weighted by molar-refractivity contribution is -0.147. The third kappa shape index (κ3) is 4.71. The molecule has 0 aromatic heterocycles. The van der Waals surface area contributed by atoms with Crippen molar-refractivity contribution >= 4 is 40.9 Å². The molecule has 0 saturated heterocycles. The summed E-state index contributed by atoms with van der Waals surface area (Å²) >= 11 is 7.38. The third-order valence-corrected chi connectivity index (χ3v) is 4.56. The normalized spacial score (nSPS) is 11.6. The molecule has 1 unspecified atom stereocenters. The molecule has 0 N–H and O–H groups in total. The van der Waals surface area contributed by atoms with E-state index in [1.165, 1.54) is 11.8 Å². The standard InChI is InChI=1S/C19H17ClO4S/c1-3-24-19(23)16(12-4-8-14(20)9-5-12)18(22)17(21)13-6-10-15(25-2)11-7-13/h4-11,16H,3H2,1-2H3. The predicted octanol–water partition coefficient (Wildman–Crippen LogP) is 4.16. The second kappa shape index (κ2) is 8.83. The number of carbonyl (C=O) groups is 3. The number of thioether (sulfide) groups is 1. The van der Waals surface area contributed by atoms with Crippen LogP contribution in [0.5, 0.6) is 0 Å². The van der Waals surface area contributed by atoms with Crippen LogP contribution in [0.25, 0.3) is 0 Å². The van der Waals surface area contributed by atoms with E-state index in [0.717, 1.165) is 4.90 Å². The largest absolute Gasteiger partial charge is 0.465 e. The maximum Gasteiger partial charge on any atom is 0.321 e. The number of carbonyl (C=O) groups excluding carboxylic acids is 3. The number of halogens is 1. The van der Waals surface area contributed by atoms with Gasteiger partial charge in [0, 0.05) is 15.5 Å². The Morgan fingerprint density at radius 2 is 1.64 bits per heavy atom. The van der Waals surface area contributed by atoms with Crippen LogP contribution in [0.3, 0.4) is 0 Å². The predicted molar refractivity (Wildman–Crippen MR) is 98.4 cm³/mol. The smallest absolute Gasteiger partial charge is 0.321 e. The highest BCUT2D eigenvalue weighted by Gasteiger charge is 2.34. The minimum absolute atomic E-state index is 0.118. The van der Waals surface area contributed by atoms with E-state index in [0.29, 0.717) is 10.6 Å². The fourth-order valence-electron chi connectivity index (χ4n) is 2.29. The quantitative estimate of drug-likeness (QED) is 0.239. The summed E-state index contributed by atoms with van der Waals surface area (Å²) in [7, 11) is 0. The highest BCUT2D eigenvalue weighted by atomic mass is 35.5. The van der Waals surface area contributed by atoms with Gasteiger partial charge in [0.25, 0.3) is 0 Å². The van der Waals surface area contributed by atoms with Crippen molar-refractivity contribution in [1.82, 2.24) is 0 Å². The topological polar surface area (TPSA) is 60.4 Å². The maximum atomic E-state index is 12.7. The van der Waals surface area contributed by atoms with Crippen LogP contribution >= 0.6 is 23.4 Å². The number of rotatable bonds is 7. The number of ketones is 2. The Balaban J connectivity index is 2.34. The molecular formula is C19H17ClO4S. The Morgan fingerprint density at radius 3 is 2.16 bits per heavy atom. The summed E-state index contributed by atoms with van der Waals surface area (Å²) < 4.78 is 4.98. The van der Waals surface area contributed by atoms with Crippen LogP contribution in [-0.2, 0) is 14.3 Å². The highest BCUT2D eigenvalue weighted by Crippen LogP contribution is 2.24. The van der Waals surface area contributed by atoms with Gasteiger partial charge in [-0.3, -0.25) is 14.4 Å². The molecule has 25 heavy (non-hydrogen) atoms. The van der Waals surface area contributed by atoms with Crippen molar-refractivity contribution in [3.05, 3.63) is 64.7 Å². The summed E-state index contributed by atoms with van der Waals surface area (Å²) in [6.07, 6.45) is 1.92. The van der Waals surface area contributed by atoms with Gasteiger partial charge >= 0.3 is 5.97 Å². The van der Waals surface area contributed by atoms with Crippen molar-refractivity contribution in [2.75, 3.05) is 12.9 Å². The molecule has 130 valence electrons. The van der Waals surface area contributed by atoms with Gasteiger partial charge in [-0.1, -0.05) is 23.7 Å². The lowest BCUT2D eigenvalue weighted by Gasteiger charge is -2.14. The lowest BCUT2D eigenvalue weighted by atomic mass is 9.90. The summed E-state index contributed by atoms with van der Waals surface area (Å²) in [5, 5.41) is 0.470. The Labute approximate surface area is 155 Å². The van der Waals surface area contributed by atoms with Crippen molar-refractivity contribution < 1.29 is 19.1 Å². The SMILES string of the molecule is CCOC(=O)C(C(=O)C(=O)c1ccc(SC)cc1)c1ccc(Cl)cc1. The van der Waals surface area contributed by atoms with E-state index >= 15 is 0 Å². The lowest BCUT2D eigenvalue weighted by Crippen LogP contribution is -2.30. The third-order valence-electron chi connectivity index (χ3n) is 3.56. The first-order valence-electron chi connectivity index (χ1n) is 7.62. The van der Waals surface area contributed by atoms with E-state index < -0.39 is 23.5 Å². The molecule has 4 nitrogen and oxygen atoms in total. The van der Waals surface area contributed by atoms with Crippen molar-refractivity contribution in [3.8, 4) is 0 Å². The van der Waals surface area contributed by atoms with E-state index in [2.05, 4.69) is 0 Å². The number of ether oxygens (including phenoxy) is 1. The van der Waals surface area contributed by atoms with Crippen LogP contribution in [0.15, 0.2) is 53.4 Å². The van der Waals surface area contributed by atoms with Crippen LogP contribution in [-0.4, -0.2) is 30.4 Å². The van der Waals surface area contributed by atoms with Gasteiger partial charge < -0.3 is 4.74 Å². The Kier molecular flexibility index (Phi) is 6.79. The van der Waals surface area contributed by atoms with Gasteiger partial charge in [-0.25, -0.2) is 0 Å². The zero-order valence-electron chi connectivity index (χ0n) is 13.8. The van der Waals surface area contributed by atoms with Gasteiger partial charge in [0.1, 0.15) is 5.92 Å².